The van der Waals surface area contributed by atoms with E-state index in [2.05, 4.69) is 5.32 Å². The van der Waals surface area contributed by atoms with Crippen LogP contribution >= 0.6 is 0 Å². The average molecular weight is 300 g/mol. The minimum Gasteiger partial charge on any atom is -0.478 e. The number of benzene rings is 2. The van der Waals surface area contributed by atoms with Crippen LogP contribution in [0.5, 0.6) is 0 Å². The number of carbonyl (C=O) groups is 3. The lowest BCUT2D eigenvalue weighted by molar-refractivity contribution is 0.0696. The molecule has 2 rings (SSSR count). The van der Waals surface area contributed by atoms with Crippen molar-refractivity contribution in [3.05, 3.63) is 59.2 Å². The fourth-order valence-corrected chi connectivity index (χ4v) is 1.78. The Labute approximate surface area is 125 Å². The van der Waals surface area contributed by atoms with Gasteiger partial charge in [0.25, 0.3) is 5.91 Å². The lowest BCUT2D eigenvalue weighted by Gasteiger charge is -2.08. The van der Waals surface area contributed by atoms with Gasteiger partial charge in [0.2, 0.25) is 0 Å². The molecule has 2 aromatic carbocycles. The molecule has 0 unspecified atom stereocenters. The lowest BCUT2D eigenvalue weighted by atomic mass is 10.1. The zero-order chi connectivity index (χ0) is 16.3. The molecule has 0 saturated heterocycles. The predicted molar refractivity (Wildman–Crippen MR) is 79.2 cm³/mol. The Bertz CT molecular complexity index is 721. The van der Waals surface area contributed by atoms with Gasteiger partial charge >= 0.3 is 11.9 Å². The summed E-state index contributed by atoms with van der Waals surface area (Å²) in [4.78, 5) is 34.0. The second-order valence-electron chi connectivity index (χ2n) is 4.49. The highest BCUT2D eigenvalue weighted by Gasteiger charge is 2.13. The largest absolute Gasteiger partial charge is 0.478 e. The molecule has 0 heterocycles. The Balaban J connectivity index is 2.32. The van der Waals surface area contributed by atoms with Crippen molar-refractivity contribution < 1.29 is 24.6 Å². The lowest BCUT2D eigenvalue weighted by Crippen LogP contribution is -2.13. The Hall–Kier alpha value is -3.35. The summed E-state index contributed by atoms with van der Waals surface area (Å²) in [5, 5.41) is 20.4. The van der Waals surface area contributed by atoms with Gasteiger partial charge in [-0.25, -0.2) is 9.59 Å². The second-order valence-corrected chi connectivity index (χ2v) is 4.49. The van der Waals surface area contributed by atoms with Crippen molar-refractivity contribution >= 4 is 29.2 Å². The second kappa shape index (κ2) is 5.96. The summed E-state index contributed by atoms with van der Waals surface area (Å²) in [6, 6.07) is 9.49. The highest BCUT2D eigenvalue weighted by molar-refractivity contribution is 6.06. The van der Waals surface area contributed by atoms with Crippen LogP contribution in [-0.4, -0.2) is 28.1 Å². The van der Waals surface area contributed by atoms with Crippen molar-refractivity contribution in [2.45, 2.75) is 0 Å². The Morgan fingerprint density at radius 1 is 0.818 bits per heavy atom. The molecule has 0 saturated carbocycles. The molecule has 0 fully saturated rings. The van der Waals surface area contributed by atoms with E-state index >= 15 is 0 Å². The molecule has 0 radical (unpaired) electrons. The summed E-state index contributed by atoms with van der Waals surface area (Å²) < 4.78 is 0. The van der Waals surface area contributed by atoms with Gasteiger partial charge in [0.1, 0.15) is 0 Å². The predicted octanol–water partition coefficient (Wildman–Crippen LogP) is 1.92. The maximum Gasteiger partial charge on any atom is 0.335 e. The molecule has 22 heavy (non-hydrogen) atoms. The van der Waals surface area contributed by atoms with Gasteiger partial charge in [-0.05, 0) is 42.5 Å². The monoisotopic (exact) mass is 300 g/mol. The van der Waals surface area contributed by atoms with Crippen LogP contribution in [0.15, 0.2) is 42.5 Å². The van der Waals surface area contributed by atoms with Crippen LogP contribution in [0.3, 0.4) is 0 Å². The first-order chi connectivity index (χ1) is 10.4. The number of carbonyl (C=O) groups excluding carboxylic acids is 1. The molecule has 2 aromatic rings. The minimum absolute atomic E-state index is 0.0825. The van der Waals surface area contributed by atoms with Gasteiger partial charge in [-0.15, -0.1) is 0 Å². The number of carboxylic acids is 2. The Kier molecular flexibility index (Phi) is 4.08. The third-order valence-electron chi connectivity index (χ3n) is 2.86. The van der Waals surface area contributed by atoms with Crippen LogP contribution < -0.4 is 11.1 Å². The molecule has 5 N–H and O–H groups in total. The number of amides is 1. The molecular formula is C15H12N2O5. The van der Waals surface area contributed by atoms with E-state index in [0.717, 1.165) is 6.07 Å². The Morgan fingerprint density at radius 3 is 1.77 bits per heavy atom. The number of hydrogen-bond donors (Lipinski definition) is 4. The number of carboxylic acid groups (broad SMARTS) is 2. The summed E-state index contributed by atoms with van der Waals surface area (Å²) in [6.45, 7) is 0. The molecule has 0 aromatic heterocycles. The summed E-state index contributed by atoms with van der Waals surface area (Å²) >= 11 is 0. The maximum absolute atomic E-state index is 12.0. The summed E-state index contributed by atoms with van der Waals surface area (Å²) in [7, 11) is 0. The molecule has 0 aliphatic carbocycles. The molecule has 1 amide bonds. The molecule has 0 spiro atoms. The minimum atomic E-state index is -1.29. The number of aromatic carboxylic acids is 2. The van der Waals surface area contributed by atoms with Crippen LogP contribution in [0.4, 0.5) is 11.4 Å². The third kappa shape index (κ3) is 3.40. The van der Waals surface area contributed by atoms with Gasteiger partial charge in [0.15, 0.2) is 0 Å². The zero-order valence-corrected chi connectivity index (χ0v) is 11.2. The van der Waals surface area contributed by atoms with Crippen molar-refractivity contribution in [1.29, 1.82) is 0 Å². The number of nitrogen functional groups attached to an aromatic ring is 1. The topological polar surface area (TPSA) is 130 Å². The first-order valence-electron chi connectivity index (χ1n) is 6.15. The van der Waals surface area contributed by atoms with Crippen LogP contribution in [-0.2, 0) is 0 Å². The SMILES string of the molecule is Nc1ccc(C(=O)Nc2cc(C(=O)O)cc(C(=O)O)c2)cc1. The zero-order valence-electron chi connectivity index (χ0n) is 11.2. The third-order valence-corrected chi connectivity index (χ3v) is 2.86. The van der Waals surface area contributed by atoms with E-state index in [0.29, 0.717) is 11.3 Å². The van der Waals surface area contributed by atoms with E-state index in [1.54, 1.807) is 12.1 Å². The standard InChI is InChI=1S/C15H12N2O5/c16-11-3-1-8(2-4-11)13(18)17-12-6-9(14(19)20)5-10(7-12)15(21)22/h1-7H,16H2,(H,17,18)(H,19,20)(H,21,22). The highest BCUT2D eigenvalue weighted by atomic mass is 16.4. The number of anilines is 2. The number of nitrogens with two attached hydrogens (primary N) is 1. The summed E-state index contributed by atoms with van der Waals surface area (Å²) in [5.41, 5.74) is 5.96. The molecule has 7 nitrogen and oxygen atoms in total. The van der Waals surface area contributed by atoms with E-state index in [1.807, 2.05) is 0 Å². The van der Waals surface area contributed by atoms with Crippen LogP contribution in [0.2, 0.25) is 0 Å². The quantitative estimate of drug-likeness (QED) is 0.638. The molecule has 112 valence electrons. The van der Waals surface area contributed by atoms with E-state index in [9.17, 15) is 14.4 Å². The number of hydrogen-bond acceptors (Lipinski definition) is 4. The van der Waals surface area contributed by atoms with Crippen LogP contribution in [0.1, 0.15) is 31.1 Å². The fourth-order valence-electron chi connectivity index (χ4n) is 1.78. The van der Waals surface area contributed by atoms with Crippen LogP contribution in [0, 0.1) is 0 Å². The van der Waals surface area contributed by atoms with Gasteiger partial charge in [0.05, 0.1) is 11.1 Å². The average Bonchev–Trinajstić information content (AvgIpc) is 2.47. The molecular weight excluding hydrogens is 288 g/mol. The van der Waals surface area contributed by atoms with E-state index in [-0.39, 0.29) is 16.8 Å². The molecule has 0 bridgehead atoms. The Morgan fingerprint density at radius 2 is 1.32 bits per heavy atom. The molecule has 0 atom stereocenters. The highest BCUT2D eigenvalue weighted by Crippen LogP contribution is 2.17. The first-order valence-corrected chi connectivity index (χ1v) is 6.15. The summed E-state index contributed by atoms with van der Waals surface area (Å²) in [6.07, 6.45) is 0. The first kappa shape index (κ1) is 15.0. The molecule has 0 aliphatic rings. The van der Waals surface area contributed by atoms with Gasteiger partial charge in [0, 0.05) is 16.9 Å². The van der Waals surface area contributed by atoms with Crippen molar-refractivity contribution in [1.82, 2.24) is 0 Å². The van der Waals surface area contributed by atoms with E-state index in [1.165, 1.54) is 24.3 Å². The normalized spacial score (nSPS) is 10.0. The fraction of sp³-hybridized carbons (Fsp3) is 0. The van der Waals surface area contributed by atoms with Crippen LogP contribution in [0.25, 0.3) is 0 Å². The van der Waals surface area contributed by atoms with Crippen molar-refractivity contribution in [3.63, 3.8) is 0 Å². The van der Waals surface area contributed by atoms with Crippen molar-refractivity contribution in [2.24, 2.45) is 0 Å². The number of nitrogens with one attached hydrogen (secondary N) is 1. The smallest absolute Gasteiger partial charge is 0.335 e. The molecule has 0 aliphatic heterocycles. The molecule has 7 heteroatoms. The van der Waals surface area contributed by atoms with Gasteiger partial charge in [-0.3, -0.25) is 4.79 Å². The van der Waals surface area contributed by atoms with E-state index < -0.39 is 17.8 Å². The van der Waals surface area contributed by atoms with Gasteiger partial charge in [-0.2, -0.15) is 0 Å². The van der Waals surface area contributed by atoms with Gasteiger partial charge < -0.3 is 21.3 Å². The maximum atomic E-state index is 12.0. The number of rotatable bonds is 4. The van der Waals surface area contributed by atoms with E-state index in [4.69, 9.17) is 15.9 Å². The van der Waals surface area contributed by atoms with Crippen molar-refractivity contribution in [2.75, 3.05) is 11.1 Å². The van der Waals surface area contributed by atoms with Gasteiger partial charge in [-0.1, -0.05) is 0 Å². The van der Waals surface area contributed by atoms with Crippen molar-refractivity contribution in [3.8, 4) is 0 Å². The summed E-state index contributed by atoms with van der Waals surface area (Å²) in [5.74, 6) is -3.07.